The predicted octanol–water partition coefficient (Wildman–Crippen LogP) is 3.82. The second kappa shape index (κ2) is 7.68. The number of anilines is 1. The van der Waals surface area contributed by atoms with E-state index in [4.69, 9.17) is 0 Å². The van der Waals surface area contributed by atoms with Gasteiger partial charge in [-0.25, -0.2) is 0 Å². The number of carbonyl (C=O) groups is 2. The van der Waals surface area contributed by atoms with Gasteiger partial charge in [0, 0.05) is 30.5 Å². The molecule has 1 aliphatic rings. The normalized spacial score (nSPS) is 17.0. The number of piperidine rings is 1. The minimum atomic E-state index is -0.305. The molecule has 1 aliphatic heterocycles. The smallest absolute Gasteiger partial charge is 0.274 e. The average Bonchev–Trinajstić information content (AvgIpc) is 2.64. The van der Waals surface area contributed by atoms with Crippen LogP contribution in [0.3, 0.4) is 0 Å². The third-order valence-corrected chi connectivity index (χ3v) is 4.83. The van der Waals surface area contributed by atoms with E-state index in [1.807, 2.05) is 36.9 Å². The van der Waals surface area contributed by atoms with Crippen LogP contribution in [-0.2, 0) is 0 Å². The molecule has 1 fully saturated rings. The molecule has 0 saturated carbocycles. The molecule has 2 heterocycles. The van der Waals surface area contributed by atoms with Crippen LogP contribution < -0.4 is 5.32 Å². The molecular formula is C21H25N3O2. The first kappa shape index (κ1) is 18.1. The Morgan fingerprint density at radius 1 is 1.19 bits per heavy atom. The van der Waals surface area contributed by atoms with Crippen LogP contribution in [-0.4, -0.2) is 34.8 Å². The molecule has 5 heteroatoms. The lowest BCUT2D eigenvalue weighted by Crippen LogP contribution is -2.39. The van der Waals surface area contributed by atoms with E-state index in [2.05, 4.69) is 17.2 Å². The zero-order valence-corrected chi connectivity index (χ0v) is 15.6. The van der Waals surface area contributed by atoms with Gasteiger partial charge in [0.2, 0.25) is 0 Å². The Labute approximate surface area is 154 Å². The Kier molecular flexibility index (Phi) is 5.35. The summed E-state index contributed by atoms with van der Waals surface area (Å²) in [6, 6.07) is 9.16. The summed E-state index contributed by atoms with van der Waals surface area (Å²) >= 11 is 0. The van der Waals surface area contributed by atoms with Gasteiger partial charge < -0.3 is 10.2 Å². The maximum absolute atomic E-state index is 12.7. The van der Waals surface area contributed by atoms with Crippen molar-refractivity contribution < 1.29 is 9.59 Å². The van der Waals surface area contributed by atoms with E-state index in [0.29, 0.717) is 11.5 Å². The van der Waals surface area contributed by atoms with Gasteiger partial charge in [0.1, 0.15) is 5.69 Å². The third-order valence-electron chi connectivity index (χ3n) is 4.83. The van der Waals surface area contributed by atoms with Gasteiger partial charge in [0.15, 0.2) is 0 Å². The van der Waals surface area contributed by atoms with Crippen molar-refractivity contribution in [3.05, 3.63) is 58.9 Å². The Morgan fingerprint density at radius 2 is 2.00 bits per heavy atom. The number of carbonyl (C=O) groups excluding carboxylic acids is 2. The van der Waals surface area contributed by atoms with E-state index in [0.717, 1.165) is 42.7 Å². The molecule has 1 aromatic heterocycles. The van der Waals surface area contributed by atoms with Gasteiger partial charge in [0.05, 0.1) is 0 Å². The fourth-order valence-corrected chi connectivity index (χ4v) is 3.30. The number of hydrogen-bond acceptors (Lipinski definition) is 3. The zero-order chi connectivity index (χ0) is 18.7. The fourth-order valence-electron chi connectivity index (χ4n) is 3.30. The van der Waals surface area contributed by atoms with Crippen LogP contribution in [0.5, 0.6) is 0 Å². The molecule has 5 nitrogen and oxygen atoms in total. The number of aromatic nitrogens is 1. The van der Waals surface area contributed by atoms with Gasteiger partial charge in [-0.05, 0) is 61.9 Å². The first-order valence-corrected chi connectivity index (χ1v) is 9.08. The van der Waals surface area contributed by atoms with Crippen LogP contribution in [0.15, 0.2) is 36.5 Å². The van der Waals surface area contributed by atoms with Gasteiger partial charge in [0.25, 0.3) is 11.8 Å². The summed E-state index contributed by atoms with van der Waals surface area (Å²) in [4.78, 5) is 31.3. The number of benzene rings is 1. The second-order valence-electron chi connectivity index (χ2n) is 7.20. The number of hydrogen-bond donors (Lipinski definition) is 1. The molecule has 1 aromatic carbocycles. The summed E-state index contributed by atoms with van der Waals surface area (Å²) in [5.41, 5.74) is 3.58. The maximum atomic E-state index is 12.7. The largest absolute Gasteiger partial charge is 0.338 e. The predicted molar refractivity (Wildman–Crippen MR) is 102 cm³/mol. The summed E-state index contributed by atoms with van der Waals surface area (Å²) in [5.74, 6) is 0.182. The Balaban J connectivity index is 1.77. The van der Waals surface area contributed by atoms with Crippen molar-refractivity contribution in [2.24, 2.45) is 5.92 Å². The monoisotopic (exact) mass is 351 g/mol. The highest BCUT2D eigenvalue weighted by Gasteiger charge is 2.23. The van der Waals surface area contributed by atoms with E-state index in [-0.39, 0.29) is 17.5 Å². The lowest BCUT2D eigenvalue weighted by molar-refractivity contribution is 0.0683. The van der Waals surface area contributed by atoms with E-state index in [1.165, 1.54) is 6.20 Å². The average molecular weight is 351 g/mol. The molecular weight excluding hydrogens is 326 g/mol. The molecule has 0 aliphatic carbocycles. The standard InChI is InChI=1S/C21H25N3O2/c1-14-6-7-16(3)18(11-14)23-20(25)19-12-17(8-9-22-19)21(26)24-10-4-5-15(2)13-24/h6-9,11-12,15H,4-5,10,13H2,1-3H3,(H,23,25). The van der Waals surface area contributed by atoms with Crippen molar-refractivity contribution in [1.82, 2.24) is 9.88 Å². The van der Waals surface area contributed by atoms with Crippen LogP contribution in [0.2, 0.25) is 0 Å². The number of nitrogens with zero attached hydrogens (tertiary/aromatic N) is 2. The van der Waals surface area contributed by atoms with Crippen LogP contribution >= 0.6 is 0 Å². The highest BCUT2D eigenvalue weighted by molar-refractivity contribution is 6.05. The van der Waals surface area contributed by atoms with Crippen LogP contribution in [0.1, 0.15) is 51.7 Å². The van der Waals surface area contributed by atoms with E-state index >= 15 is 0 Å². The minimum Gasteiger partial charge on any atom is -0.338 e. The van der Waals surface area contributed by atoms with Gasteiger partial charge in [-0.2, -0.15) is 0 Å². The highest BCUT2D eigenvalue weighted by atomic mass is 16.2. The Bertz CT molecular complexity index is 832. The Hall–Kier alpha value is -2.69. The molecule has 1 saturated heterocycles. The van der Waals surface area contributed by atoms with Crippen LogP contribution in [0.4, 0.5) is 5.69 Å². The second-order valence-corrected chi connectivity index (χ2v) is 7.20. The van der Waals surface area contributed by atoms with E-state index in [1.54, 1.807) is 12.1 Å². The molecule has 136 valence electrons. The molecule has 0 radical (unpaired) electrons. The number of aryl methyl sites for hydroxylation is 2. The third kappa shape index (κ3) is 4.10. The molecule has 2 aromatic rings. The van der Waals surface area contributed by atoms with E-state index in [9.17, 15) is 9.59 Å². The molecule has 1 unspecified atom stereocenters. The minimum absolute atomic E-state index is 0.0280. The van der Waals surface area contributed by atoms with E-state index < -0.39 is 0 Å². The lowest BCUT2D eigenvalue weighted by Gasteiger charge is -2.31. The summed E-state index contributed by atoms with van der Waals surface area (Å²) in [5, 5.41) is 2.89. The van der Waals surface area contributed by atoms with Crippen LogP contribution in [0.25, 0.3) is 0 Å². The molecule has 0 spiro atoms. The van der Waals surface area contributed by atoms with Gasteiger partial charge in [-0.15, -0.1) is 0 Å². The molecule has 1 N–H and O–H groups in total. The molecule has 2 amide bonds. The molecule has 1 atom stereocenters. The fraction of sp³-hybridized carbons (Fsp3) is 0.381. The van der Waals surface area contributed by atoms with Crippen molar-refractivity contribution in [3.8, 4) is 0 Å². The zero-order valence-electron chi connectivity index (χ0n) is 15.6. The number of nitrogens with one attached hydrogen (secondary N) is 1. The molecule has 26 heavy (non-hydrogen) atoms. The molecule has 0 bridgehead atoms. The maximum Gasteiger partial charge on any atom is 0.274 e. The summed E-state index contributed by atoms with van der Waals surface area (Å²) in [6.07, 6.45) is 3.71. The first-order valence-electron chi connectivity index (χ1n) is 9.08. The highest BCUT2D eigenvalue weighted by Crippen LogP contribution is 2.19. The van der Waals surface area contributed by atoms with Crippen molar-refractivity contribution in [1.29, 1.82) is 0 Å². The SMILES string of the molecule is Cc1ccc(C)c(NC(=O)c2cc(C(=O)N3CCCC(C)C3)ccn2)c1. The van der Waals surface area contributed by atoms with Gasteiger partial charge in [-0.3, -0.25) is 14.6 Å². The number of amides is 2. The number of rotatable bonds is 3. The van der Waals surface area contributed by atoms with Crippen molar-refractivity contribution in [2.45, 2.75) is 33.6 Å². The lowest BCUT2D eigenvalue weighted by atomic mass is 9.99. The quantitative estimate of drug-likeness (QED) is 0.914. The summed E-state index contributed by atoms with van der Waals surface area (Å²) in [7, 11) is 0. The van der Waals surface area contributed by atoms with Crippen molar-refractivity contribution in [2.75, 3.05) is 18.4 Å². The topological polar surface area (TPSA) is 62.3 Å². The van der Waals surface area contributed by atoms with Crippen molar-refractivity contribution >= 4 is 17.5 Å². The molecule has 3 rings (SSSR count). The summed E-state index contributed by atoms with van der Waals surface area (Å²) in [6.45, 7) is 7.63. The Morgan fingerprint density at radius 3 is 2.77 bits per heavy atom. The van der Waals surface area contributed by atoms with Crippen molar-refractivity contribution in [3.63, 3.8) is 0 Å². The van der Waals surface area contributed by atoms with Gasteiger partial charge >= 0.3 is 0 Å². The first-order chi connectivity index (χ1) is 12.4. The number of likely N-dealkylation sites (tertiary alicyclic amines) is 1. The van der Waals surface area contributed by atoms with Gasteiger partial charge in [-0.1, -0.05) is 19.1 Å². The van der Waals surface area contributed by atoms with Crippen LogP contribution in [0, 0.1) is 19.8 Å². The number of pyridine rings is 1. The summed E-state index contributed by atoms with van der Waals surface area (Å²) < 4.78 is 0.